The zero-order chi connectivity index (χ0) is 21.0. The van der Waals surface area contributed by atoms with Crippen molar-refractivity contribution >= 4 is 33.3 Å². The van der Waals surface area contributed by atoms with E-state index in [9.17, 15) is 9.90 Å². The van der Waals surface area contributed by atoms with Crippen LogP contribution in [0.3, 0.4) is 0 Å². The molecular weight excluding hydrogens is 454 g/mol. The van der Waals surface area contributed by atoms with Crippen LogP contribution in [-0.4, -0.2) is 15.9 Å². The molecule has 1 saturated carbocycles. The first kappa shape index (κ1) is 19.8. The van der Waals surface area contributed by atoms with Crippen LogP contribution in [0.1, 0.15) is 11.3 Å². The van der Waals surface area contributed by atoms with Crippen LogP contribution in [0.2, 0.25) is 5.02 Å². The van der Waals surface area contributed by atoms with E-state index in [4.69, 9.17) is 16.3 Å². The van der Waals surface area contributed by atoms with E-state index in [0.29, 0.717) is 16.2 Å². The van der Waals surface area contributed by atoms with Gasteiger partial charge >= 0.3 is 0 Å². The van der Waals surface area contributed by atoms with E-state index in [0.717, 1.165) is 4.47 Å². The lowest BCUT2D eigenvalue weighted by atomic mass is 9.72. The van der Waals surface area contributed by atoms with Gasteiger partial charge in [0, 0.05) is 27.9 Å². The number of halogens is 2. The maximum absolute atomic E-state index is 13.4. The van der Waals surface area contributed by atoms with Crippen molar-refractivity contribution in [3.8, 4) is 5.75 Å². The summed E-state index contributed by atoms with van der Waals surface area (Å²) in [6.07, 6.45) is 6.33. The van der Waals surface area contributed by atoms with Gasteiger partial charge in [-0.2, -0.15) is 0 Å². The number of hydrogen-bond donors (Lipinski definition) is 1. The average Bonchev–Trinajstić information content (AvgIpc) is 3.05. The molecule has 0 spiro atoms. The van der Waals surface area contributed by atoms with E-state index < -0.39 is 22.9 Å². The number of carbonyl (C=O) groups excluding carboxylic acids is 1. The quantitative estimate of drug-likeness (QED) is 0.503. The van der Waals surface area contributed by atoms with Gasteiger partial charge in [-0.15, -0.1) is 0 Å². The number of nitrogens with zero attached hydrogens (tertiary/aromatic N) is 1. The van der Waals surface area contributed by atoms with Crippen LogP contribution >= 0.6 is 27.5 Å². The molecule has 3 atom stereocenters. The fraction of sp³-hybridized carbons (Fsp3) is 0.130. The molecule has 1 aliphatic heterocycles. The van der Waals surface area contributed by atoms with Crippen molar-refractivity contribution in [1.29, 1.82) is 0 Å². The summed E-state index contributed by atoms with van der Waals surface area (Å²) in [6, 6.07) is 8.81. The minimum Gasteiger partial charge on any atom is -0.475 e. The molecule has 146 valence electrons. The summed E-state index contributed by atoms with van der Waals surface area (Å²) in [7, 11) is 0. The first-order chi connectivity index (χ1) is 13.8. The number of rotatable bonds is 4. The van der Waals surface area contributed by atoms with Gasteiger partial charge in [-0.25, -0.2) is 0 Å². The van der Waals surface area contributed by atoms with Crippen molar-refractivity contribution < 1.29 is 14.6 Å². The van der Waals surface area contributed by atoms with Gasteiger partial charge in [0.25, 0.3) is 0 Å². The minimum atomic E-state index is -2.06. The van der Waals surface area contributed by atoms with Crippen LogP contribution in [0, 0.1) is 5.92 Å². The molecule has 1 aliphatic carbocycles. The van der Waals surface area contributed by atoms with Gasteiger partial charge in [-0.1, -0.05) is 77.6 Å². The highest BCUT2D eigenvalue weighted by Gasteiger charge is 2.75. The lowest BCUT2D eigenvalue weighted by Crippen LogP contribution is -2.51. The Labute approximate surface area is 182 Å². The topological polar surface area (TPSA) is 59.4 Å². The Hall–Kier alpha value is -2.47. The molecule has 0 radical (unpaired) electrons. The van der Waals surface area contributed by atoms with Gasteiger partial charge in [0.05, 0.1) is 10.9 Å². The molecule has 4 nitrogen and oxygen atoms in total. The van der Waals surface area contributed by atoms with Crippen LogP contribution in [0.5, 0.6) is 5.75 Å². The van der Waals surface area contributed by atoms with Crippen molar-refractivity contribution in [1.82, 2.24) is 4.98 Å². The third-order valence-electron chi connectivity index (χ3n) is 5.50. The maximum Gasteiger partial charge on any atom is 0.218 e. The van der Waals surface area contributed by atoms with Crippen molar-refractivity contribution in [2.24, 2.45) is 5.92 Å². The maximum atomic E-state index is 13.4. The normalized spacial score (nSPS) is 28.0. The second-order valence-corrected chi connectivity index (χ2v) is 8.30. The smallest absolute Gasteiger partial charge is 0.218 e. The molecule has 3 unspecified atom stereocenters. The standard InChI is InChI=1S/C23H17BrClNO3/c1-4-6-14(5-2)19-13(3)21(27)22(28)20-18(11-17(25)12-26-20)29-23(19,22)15-7-9-16(24)10-8-15/h4-12,19,28H,1-3H2/b14-6+. The van der Waals surface area contributed by atoms with E-state index in [1.165, 1.54) is 6.20 Å². The Bertz CT molecular complexity index is 1110. The number of ketones is 1. The second kappa shape index (κ2) is 6.80. The predicted molar refractivity (Wildman–Crippen MR) is 116 cm³/mol. The SMILES string of the molecule is C=C/C=C(\C=C)C1C(=C)C(=O)C2(O)c3ncc(Cl)cc3OC12c1ccc(Br)cc1. The molecule has 1 aromatic heterocycles. The Morgan fingerprint density at radius 1 is 1.31 bits per heavy atom. The number of allylic oxidation sites excluding steroid dienone is 3. The molecule has 6 heteroatoms. The summed E-state index contributed by atoms with van der Waals surface area (Å²) in [5.41, 5.74) is -1.98. The fourth-order valence-corrected chi connectivity index (χ4v) is 4.74. The van der Waals surface area contributed by atoms with Crippen LogP contribution < -0.4 is 4.74 Å². The number of ether oxygens (including phenoxy) is 1. The molecular formula is C23H17BrClNO3. The second-order valence-electron chi connectivity index (χ2n) is 6.95. The molecule has 0 saturated heterocycles. The molecule has 2 heterocycles. The lowest BCUT2D eigenvalue weighted by molar-refractivity contribution is -0.152. The highest BCUT2D eigenvalue weighted by molar-refractivity contribution is 9.10. The third kappa shape index (κ3) is 2.48. The molecule has 2 aromatic rings. The van der Waals surface area contributed by atoms with Gasteiger partial charge < -0.3 is 9.84 Å². The van der Waals surface area contributed by atoms with E-state index in [2.05, 4.69) is 40.7 Å². The Morgan fingerprint density at radius 2 is 2.00 bits per heavy atom. The monoisotopic (exact) mass is 469 g/mol. The predicted octanol–water partition coefficient (Wildman–Crippen LogP) is 5.03. The van der Waals surface area contributed by atoms with E-state index in [1.807, 2.05) is 12.1 Å². The summed E-state index contributed by atoms with van der Waals surface area (Å²) in [5, 5.41) is 12.3. The Balaban J connectivity index is 2.10. The largest absolute Gasteiger partial charge is 0.475 e. The van der Waals surface area contributed by atoms with E-state index in [1.54, 1.807) is 36.4 Å². The van der Waals surface area contributed by atoms with Crippen molar-refractivity contribution in [3.05, 3.63) is 106 Å². The zero-order valence-electron chi connectivity index (χ0n) is 15.4. The number of pyridine rings is 1. The van der Waals surface area contributed by atoms with E-state index >= 15 is 0 Å². The molecule has 4 rings (SSSR count). The summed E-state index contributed by atoms with van der Waals surface area (Å²) in [6.45, 7) is 11.6. The van der Waals surface area contributed by atoms with Gasteiger partial charge in [0.1, 0.15) is 11.4 Å². The van der Waals surface area contributed by atoms with Crippen LogP contribution in [-0.2, 0) is 16.0 Å². The summed E-state index contributed by atoms with van der Waals surface area (Å²) >= 11 is 9.53. The number of Topliss-reactive ketones (excluding diaryl/α,β-unsaturated/α-hetero) is 1. The lowest BCUT2D eigenvalue weighted by Gasteiger charge is -2.38. The number of aliphatic hydroxyl groups is 1. The zero-order valence-corrected chi connectivity index (χ0v) is 17.7. The van der Waals surface area contributed by atoms with Crippen LogP contribution in [0.4, 0.5) is 0 Å². The highest BCUT2D eigenvalue weighted by atomic mass is 79.9. The van der Waals surface area contributed by atoms with Gasteiger partial charge in [-0.05, 0) is 17.7 Å². The number of fused-ring (bicyclic) bond motifs is 3. The number of aromatic nitrogens is 1. The summed E-state index contributed by atoms with van der Waals surface area (Å²) in [5.74, 6) is -0.990. The van der Waals surface area contributed by atoms with Gasteiger partial charge in [-0.3, -0.25) is 9.78 Å². The van der Waals surface area contributed by atoms with Crippen LogP contribution in [0.15, 0.2) is 90.1 Å². The fourth-order valence-electron chi connectivity index (χ4n) is 4.33. The van der Waals surface area contributed by atoms with Crippen molar-refractivity contribution in [3.63, 3.8) is 0 Å². The third-order valence-corrected chi connectivity index (χ3v) is 6.23. The van der Waals surface area contributed by atoms with E-state index in [-0.39, 0.29) is 17.0 Å². The first-order valence-electron chi connectivity index (χ1n) is 8.83. The average molecular weight is 471 g/mol. The molecule has 2 aliphatic rings. The van der Waals surface area contributed by atoms with Gasteiger partial charge in [0.15, 0.2) is 5.60 Å². The number of benzene rings is 1. The summed E-state index contributed by atoms with van der Waals surface area (Å²) < 4.78 is 7.24. The Kier molecular flexibility index (Phi) is 4.65. The number of carbonyl (C=O) groups is 1. The first-order valence-corrected chi connectivity index (χ1v) is 10.0. The molecule has 1 aromatic carbocycles. The minimum absolute atomic E-state index is 0.125. The molecule has 1 N–H and O–H groups in total. The highest BCUT2D eigenvalue weighted by Crippen LogP contribution is 2.64. The van der Waals surface area contributed by atoms with Crippen LogP contribution in [0.25, 0.3) is 0 Å². The molecule has 0 bridgehead atoms. The molecule has 1 fully saturated rings. The van der Waals surface area contributed by atoms with Crippen molar-refractivity contribution in [2.45, 2.75) is 11.2 Å². The van der Waals surface area contributed by atoms with Crippen molar-refractivity contribution in [2.75, 3.05) is 0 Å². The molecule has 29 heavy (non-hydrogen) atoms. The van der Waals surface area contributed by atoms with Gasteiger partial charge in [0.2, 0.25) is 11.4 Å². The molecule has 0 amide bonds. The Morgan fingerprint density at radius 3 is 2.62 bits per heavy atom. The summed E-state index contributed by atoms with van der Waals surface area (Å²) in [4.78, 5) is 17.7. The number of hydrogen-bond acceptors (Lipinski definition) is 4.